The van der Waals surface area contributed by atoms with Crippen molar-refractivity contribution in [3.8, 4) is 17.3 Å². The van der Waals surface area contributed by atoms with E-state index in [0.717, 1.165) is 4.57 Å². The molecule has 0 unspecified atom stereocenters. The summed E-state index contributed by atoms with van der Waals surface area (Å²) in [5.41, 5.74) is -1.58. The molecular formula is C14H8Cl3F3N2O. The molecule has 1 aromatic carbocycles. The van der Waals surface area contributed by atoms with E-state index in [2.05, 4.69) is 0 Å². The van der Waals surface area contributed by atoms with Crippen molar-refractivity contribution in [2.24, 2.45) is 0 Å². The predicted octanol–water partition coefficient (Wildman–Crippen LogP) is 5.61. The van der Waals surface area contributed by atoms with Crippen molar-refractivity contribution in [2.45, 2.75) is 12.9 Å². The van der Waals surface area contributed by atoms with Crippen molar-refractivity contribution >= 4 is 34.8 Å². The van der Waals surface area contributed by atoms with Gasteiger partial charge in [0.1, 0.15) is 23.5 Å². The van der Waals surface area contributed by atoms with Crippen LogP contribution in [0.1, 0.15) is 11.1 Å². The number of halogens is 6. The Labute approximate surface area is 144 Å². The number of benzene rings is 1. The molecule has 1 aromatic heterocycles. The molecule has 0 N–H and O–H groups in total. The van der Waals surface area contributed by atoms with E-state index >= 15 is 0 Å². The number of hydrogen-bond donors (Lipinski definition) is 0. The highest BCUT2D eigenvalue weighted by molar-refractivity contribution is 6.42. The summed E-state index contributed by atoms with van der Waals surface area (Å²) in [6.07, 6.45) is -4.79. The molecule has 0 aliphatic carbocycles. The first-order valence-electron chi connectivity index (χ1n) is 6.06. The van der Waals surface area contributed by atoms with Crippen LogP contribution in [0.5, 0.6) is 0 Å². The lowest BCUT2D eigenvalue weighted by atomic mass is 10.1. The Bertz CT molecular complexity index is 794. The summed E-state index contributed by atoms with van der Waals surface area (Å²) in [7, 11) is 1.30. The minimum absolute atomic E-state index is 0.0368. The molecule has 2 aromatic rings. The highest BCUT2D eigenvalue weighted by Crippen LogP contribution is 2.44. The first-order valence-corrected chi connectivity index (χ1v) is 7.19. The molecular weight excluding hydrogens is 376 g/mol. The van der Waals surface area contributed by atoms with E-state index in [0.29, 0.717) is 0 Å². The number of rotatable bonds is 3. The van der Waals surface area contributed by atoms with Gasteiger partial charge in [0.2, 0.25) is 0 Å². The van der Waals surface area contributed by atoms with Crippen LogP contribution in [0.15, 0.2) is 18.2 Å². The molecule has 0 spiro atoms. The summed E-state index contributed by atoms with van der Waals surface area (Å²) >= 11 is 17.6. The van der Waals surface area contributed by atoms with Gasteiger partial charge in [0.05, 0.1) is 21.3 Å². The average molecular weight is 384 g/mol. The Morgan fingerprint density at radius 2 is 1.87 bits per heavy atom. The van der Waals surface area contributed by atoms with Crippen molar-refractivity contribution in [1.82, 2.24) is 4.57 Å². The largest absolute Gasteiger partial charge is 0.420 e. The first kappa shape index (κ1) is 18.0. The van der Waals surface area contributed by atoms with Crippen LogP contribution in [0, 0.1) is 11.3 Å². The van der Waals surface area contributed by atoms with Crippen LogP contribution < -0.4 is 0 Å². The Hall–Kier alpha value is -1.39. The van der Waals surface area contributed by atoms with Crippen molar-refractivity contribution in [1.29, 1.82) is 5.26 Å². The second-order valence-corrected chi connectivity index (χ2v) is 5.65. The second kappa shape index (κ2) is 6.62. The Morgan fingerprint density at radius 1 is 1.22 bits per heavy atom. The number of nitriles is 1. The number of nitrogens with zero attached hydrogens (tertiary/aromatic N) is 2. The Morgan fingerprint density at radius 3 is 2.35 bits per heavy atom. The zero-order chi connectivity index (χ0) is 17.4. The molecule has 0 bridgehead atoms. The molecule has 1 heterocycles. The molecule has 122 valence electrons. The van der Waals surface area contributed by atoms with Gasteiger partial charge < -0.3 is 9.30 Å². The number of aromatic nitrogens is 1. The maximum atomic E-state index is 13.3. The van der Waals surface area contributed by atoms with Gasteiger partial charge in [-0.05, 0) is 12.1 Å². The van der Waals surface area contributed by atoms with Gasteiger partial charge >= 0.3 is 6.18 Å². The van der Waals surface area contributed by atoms with E-state index in [1.807, 2.05) is 0 Å². The maximum absolute atomic E-state index is 13.3. The zero-order valence-corrected chi connectivity index (χ0v) is 13.8. The highest BCUT2D eigenvalue weighted by Gasteiger charge is 2.41. The van der Waals surface area contributed by atoms with Crippen LogP contribution in [-0.4, -0.2) is 11.7 Å². The molecule has 0 amide bonds. The van der Waals surface area contributed by atoms with E-state index in [1.165, 1.54) is 25.3 Å². The van der Waals surface area contributed by atoms with Gasteiger partial charge in [0.15, 0.2) is 0 Å². The number of methoxy groups -OCH3 is 1. The summed E-state index contributed by atoms with van der Waals surface area (Å²) < 4.78 is 45.7. The van der Waals surface area contributed by atoms with Gasteiger partial charge in [-0.1, -0.05) is 40.9 Å². The zero-order valence-electron chi connectivity index (χ0n) is 11.5. The summed E-state index contributed by atoms with van der Waals surface area (Å²) in [6.45, 7) is -0.265. The summed E-state index contributed by atoms with van der Waals surface area (Å²) in [6, 6.07) is 5.80. The molecule has 0 aliphatic heterocycles. The molecule has 0 saturated heterocycles. The quantitative estimate of drug-likeness (QED) is 0.691. The summed E-state index contributed by atoms with van der Waals surface area (Å²) in [4.78, 5) is 0. The van der Waals surface area contributed by atoms with Gasteiger partial charge in [0, 0.05) is 12.7 Å². The number of ether oxygens (including phenoxy) is 1. The minimum atomic E-state index is -4.79. The van der Waals surface area contributed by atoms with E-state index in [9.17, 15) is 18.4 Å². The third-order valence-electron chi connectivity index (χ3n) is 3.05. The van der Waals surface area contributed by atoms with Crippen molar-refractivity contribution in [3.63, 3.8) is 0 Å². The Kier molecular flexibility index (Phi) is 5.17. The fourth-order valence-corrected chi connectivity index (χ4v) is 2.78. The average Bonchev–Trinajstić information content (AvgIpc) is 2.75. The van der Waals surface area contributed by atoms with Gasteiger partial charge in [-0.2, -0.15) is 18.4 Å². The molecule has 9 heteroatoms. The first-order chi connectivity index (χ1) is 10.7. The fraction of sp³-hybridized carbons (Fsp3) is 0.214. The minimum Gasteiger partial charge on any atom is -0.364 e. The second-order valence-electron chi connectivity index (χ2n) is 4.47. The maximum Gasteiger partial charge on any atom is 0.420 e. The van der Waals surface area contributed by atoms with Gasteiger partial charge in [0.25, 0.3) is 0 Å². The molecule has 0 radical (unpaired) electrons. The van der Waals surface area contributed by atoms with Crippen LogP contribution in [0.25, 0.3) is 11.3 Å². The lowest BCUT2D eigenvalue weighted by molar-refractivity contribution is -0.137. The fourth-order valence-electron chi connectivity index (χ4n) is 2.15. The SMILES string of the molecule is COCn1c(Cl)c(C(F)(F)F)c(C#N)c1-c1ccc(Cl)c(Cl)c1. The van der Waals surface area contributed by atoms with Crippen LogP contribution >= 0.6 is 34.8 Å². The molecule has 0 fully saturated rings. The third-order valence-corrected chi connectivity index (χ3v) is 4.18. The van der Waals surface area contributed by atoms with Crippen molar-refractivity contribution in [3.05, 3.63) is 44.5 Å². The van der Waals surface area contributed by atoms with Crippen LogP contribution in [0.4, 0.5) is 13.2 Å². The van der Waals surface area contributed by atoms with E-state index in [-0.39, 0.29) is 28.0 Å². The standard InChI is InChI=1S/C14H8Cl3F3N2O/c1-23-6-22-12(7-2-3-9(15)10(16)4-7)8(5-21)11(13(22)17)14(18,19)20/h2-4H,6H2,1H3. The third kappa shape index (κ3) is 3.29. The molecule has 23 heavy (non-hydrogen) atoms. The molecule has 0 saturated carbocycles. The topological polar surface area (TPSA) is 38.0 Å². The van der Waals surface area contributed by atoms with Crippen LogP contribution in [0.3, 0.4) is 0 Å². The smallest absolute Gasteiger partial charge is 0.364 e. The molecule has 3 nitrogen and oxygen atoms in total. The molecule has 0 atom stereocenters. The van der Waals surface area contributed by atoms with Crippen molar-refractivity contribution in [2.75, 3.05) is 7.11 Å². The predicted molar refractivity (Wildman–Crippen MR) is 81.6 cm³/mol. The molecule has 2 rings (SSSR count). The van der Waals surface area contributed by atoms with E-state index in [1.54, 1.807) is 6.07 Å². The monoisotopic (exact) mass is 382 g/mol. The van der Waals surface area contributed by atoms with E-state index in [4.69, 9.17) is 39.5 Å². The van der Waals surface area contributed by atoms with Crippen LogP contribution in [0.2, 0.25) is 15.2 Å². The van der Waals surface area contributed by atoms with Gasteiger partial charge in [-0.15, -0.1) is 0 Å². The summed E-state index contributed by atoms with van der Waals surface area (Å²) in [5.74, 6) is 0. The van der Waals surface area contributed by atoms with Gasteiger partial charge in [-0.3, -0.25) is 0 Å². The number of alkyl halides is 3. The lowest BCUT2D eigenvalue weighted by Gasteiger charge is -2.10. The highest BCUT2D eigenvalue weighted by atomic mass is 35.5. The normalized spacial score (nSPS) is 11.6. The number of hydrogen-bond acceptors (Lipinski definition) is 2. The molecule has 0 aliphatic rings. The van der Waals surface area contributed by atoms with E-state index < -0.39 is 22.5 Å². The van der Waals surface area contributed by atoms with Crippen LogP contribution in [-0.2, 0) is 17.6 Å². The summed E-state index contributed by atoms with van der Waals surface area (Å²) in [5, 5.41) is 8.98. The lowest BCUT2D eigenvalue weighted by Crippen LogP contribution is -2.07. The van der Waals surface area contributed by atoms with Gasteiger partial charge in [-0.25, -0.2) is 0 Å². The van der Waals surface area contributed by atoms with Crippen molar-refractivity contribution < 1.29 is 17.9 Å². The Balaban J connectivity index is 2.85.